The van der Waals surface area contributed by atoms with Crippen molar-refractivity contribution in [2.24, 2.45) is 0 Å². The van der Waals surface area contributed by atoms with Gasteiger partial charge in [0.1, 0.15) is 0 Å². The summed E-state index contributed by atoms with van der Waals surface area (Å²) in [4.78, 5) is 0. The normalized spacial score (nSPS) is 6.00. The van der Waals surface area contributed by atoms with Crippen LogP contribution in [0.4, 0.5) is 0 Å². The smallest absolute Gasteiger partial charge is 1.00 e. The van der Waals surface area contributed by atoms with E-state index in [0.717, 1.165) is 0 Å². The molecule has 0 N–H and O–H groups in total. The van der Waals surface area contributed by atoms with Gasteiger partial charge in [0.2, 0.25) is 0 Å². The second kappa shape index (κ2) is 15.6. The molecule has 0 heterocycles. The third-order valence-corrected chi connectivity index (χ3v) is 0.577. The minimum atomic E-state index is 0. The Balaban J connectivity index is -0.0000000800. The molecule has 7 heavy (non-hydrogen) atoms. The summed E-state index contributed by atoms with van der Waals surface area (Å²) in [5, 5.41) is 0. The zero-order valence-corrected chi connectivity index (χ0v) is 8.65. The Hall–Kier alpha value is 1.50. The van der Waals surface area contributed by atoms with Crippen molar-refractivity contribution in [1.82, 2.24) is 0 Å². The van der Waals surface area contributed by atoms with Gasteiger partial charge in [-0.1, -0.05) is 13.3 Å². The molecular weight excluding hydrogens is 211 g/mol. The van der Waals surface area contributed by atoms with E-state index in [1.807, 2.05) is 0 Å². The van der Waals surface area contributed by atoms with Crippen LogP contribution in [0.3, 0.4) is 0 Å². The molecule has 0 rings (SSSR count). The molecular formula is C5H11IMg. The number of rotatable bonds is 2. The number of halogens is 1. The van der Waals surface area contributed by atoms with E-state index in [1.54, 1.807) is 0 Å². The Morgan fingerprint density at radius 3 is 1.86 bits per heavy atom. The van der Waals surface area contributed by atoms with Crippen LogP contribution >= 0.6 is 0 Å². The monoisotopic (exact) mass is 222 g/mol. The van der Waals surface area contributed by atoms with Gasteiger partial charge in [0, 0.05) is 0 Å². The minimum absolute atomic E-state index is 0. The first-order valence-corrected chi connectivity index (χ1v) is 2.19. The van der Waals surface area contributed by atoms with E-state index in [0.29, 0.717) is 0 Å². The van der Waals surface area contributed by atoms with Crippen molar-refractivity contribution in [3.05, 3.63) is 6.42 Å². The summed E-state index contributed by atoms with van der Waals surface area (Å²) in [6, 6.07) is 0. The summed E-state index contributed by atoms with van der Waals surface area (Å²) >= 11 is 0. The Bertz CT molecular complexity index is 15.6. The van der Waals surface area contributed by atoms with Crippen molar-refractivity contribution in [1.29, 1.82) is 0 Å². The second-order valence-corrected chi connectivity index (χ2v) is 1.20. The molecule has 2 heteroatoms. The average Bonchev–Trinajstić information content (AvgIpc) is 1.41. The van der Waals surface area contributed by atoms with E-state index in [4.69, 9.17) is 0 Å². The maximum Gasteiger partial charge on any atom is 2.00 e. The molecule has 0 aromatic carbocycles. The molecule has 0 bridgehead atoms. The van der Waals surface area contributed by atoms with Crippen LogP contribution in [0.15, 0.2) is 0 Å². The van der Waals surface area contributed by atoms with E-state index in [-0.39, 0.29) is 47.0 Å². The van der Waals surface area contributed by atoms with Crippen LogP contribution < -0.4 is 24.0 Å². The van der Waals surface area contributed by atoms with Crippen LogP contribution in [0.5, 0.6) is 0 Å². The zero-order chi connectivity index (χ0) is 4.12. The fourth-order valence-corrected chi connectivity index (χ4v) is 0.289. The molecule has 0 amide bonds. The van der Waals surface area contributed by atoms with Gasteiger partial charge < -0.3 is 30.4 Å². The van der Waals surface area contributed by atoms with Crippen molar-refractivity contribution in [3.63, 3.8) is 0 Å². The van der Waals surface area contributed by atoms with Crippen LogP contribution in [0.1, 0.15) is 26.7 Å². The van der Waals surface area contributed by atoms with Crippen LogP contribution in [0.2, 0.25) is 0 Å². The quantitative estimate of drug-likeness (QED) is 0.307. The first-order valence-electron chi connectivity index (χ1n) is 2.19. The average molecular weight is 222 g/mol. The molecule has 0 aliphatic rings. The van der Waals surface area contributed by atoms with E-state index < -0.39 is 0 Å². The molecule has 0 aliphatic heterocycles. The molecule has 0 saturated carbocycles. The van der Waals surface area contributed by atoms with Gasteiger partial charge in [0.05, 0.1) is 0 Å². The van der Waals surface area contributed by atoms with Gasteiger partial charge >= 0.3 is 23.1 Å². The van der Waals surface area contributed by atoms with Gasteiger partial charge in [0.25, 0.3) is 0 Å². The van der Waals surface area contributed by atoms with E-state index in [9.17, 15) is 0 Å². The van der Waals surface area contributed by atoms with E-state index >= 15 is 0 Å². The summed E-state index contributed by atoms with van der Waals surface area (Å²) < 4.78 is 0. The Kier molecular flexibility index (Phi) is 35.3. The Morgan fingerprint density at radius 1 is 1.43 bits per heavy atom. The molecule has 40 valence electrons. The molecule has 0 aromatic heterocycles. The van der Waals surface area contributed by atoms with Gasteiger partial charge in [-0.15, -0.1) is 0 Å². The van der Waals surface area contributed by atoms with Crippen LogP contribution in [0.25, 0.3) is 0 Å². The molecule has 0 unspecified atom stereocenters. The predicted octanol–water partition coefficient (Wildman–Crippen LogP) is -1.37. The topological polar surface area (TPSA) is 0 Å². The summed E-state index contributed by atoms with van der Waals surface area (Å²) in [7, 11) is 0. The summed E-state index contributed by atoms with van der Waals surface area (Å²) in [6.45, 7) is 4.27. The fourth-order valence-electron chi connectivity index (χ4n) is 0.289. The van der Waals surface area contributed by atoms with Crippen LogP contribution in [0, 0.1) is 6.42 Å². The molecule has 0 atom stereocenters. The zero-order valence-electron chi connectivity index (χ0n) is 5.08. The summed E-state index contributed by atoms with van der Waals surface area (Å²) in [5.74, 6) is 0. The Labute approximate surface area is 79.6 Å². The van der Waals surface area contributed by atoms with Gasteiger partial charge in [-0.25, -0.2) is 0 Å². The van der Waals surface area contributed by atoms with Gasteiger partial charge in [-0.05, 0) is 0 Å². The van der Waals surface area contributed by atoms with Crippen molar-refractivity contribution in [3.8, 4) is 0 Å². The fraction of sp³-hybridized carbons (Fsp3) is 0.800. The van der Waals surface area contributed by atoms with Crippen molar-refractivity contribution >= 4 is 23.1 Å². The van der Waals surface area contributed by atoms with Crippen molar-refractivity contribution in [2.75, 3.05) is 0 Å². The van der Waals surface area contributed by atoms with Crippen LogP contribution in [-0.2, 0) is 0 Å². The largest absolute Gasteiger partial charge is 2.00 e. The second-order valence-electron chi connectivity index (χ2n) is 1.20. The molecule has 0 aromatic rings. The third-order valence-electron chi connectivity index (χ3n) is 0.577. The van der Waals surface area contributed by atoms with Crippen molar-refractivity contribution < 1.29 is 24.0 Å². The molecule has 0 aliphatic carbocycles. The number of hydrogen-bond donors (Lipinski definition) is 0. The molecule has 0 radical (unpaired) electrons. The predicted molar refractivity (Wildman–Crippen MR) is 30.6 cm³/mol. The first-order chi connectivity index (χ1) is 2.41. The van der Waals surface area contributed by atoms with E-state index in [2.05, 4.69) is 20.3 Å². The number of unbranched alkanes of at least 4 members (excludes halogenated alkanes) is 2. The van der Waals surface area contributed by atoms with E-state index in [1.165, 1.54) is 12.8 Å². The third kappa shape index (κ3) is 18.5. The van der Waals surface area contributed by atoms with Crippen molar-refractivity contribution in [2.45, 2.75) is 26.7 Å². The molecule has 0 saturated heterocycles. The standard InChI is InChI=1S/C5H11.HI.Mg/c1-3-5-4-2;;/h3H,4-5H2,1-2H3;1H;/q-1;;+2/p-1. The van der Waals surface area contributed by atoms with Crippen LogP contribution in [-0.4, -0.2) is 23.1 Å². The summed E-state index contributed by atoms with van der Waals surface area (Å²) in [6.07, 6.45) is 4.73. The maximum absolute atomic E-state index is 2.18. The van der Waals surface area contributed by atoms with Gasteiger partial charge in [-0.3, -0.25) is 0 Å². The SMILES string of the molecule is C[CH-]CCC.[I-].[Mg+2]. The Morgan fingerprint density at radius 2 is 1.86 bits per heavy atom. The summed E-state index contributed by atoms with van der Waals surface area (Å²) in [5.41, 5.74) is 0. The molecule has 0 nitrogen and oxygen atoms in total. The van der Waals surface area contributed by atoms with Gasteiger partial charge in [0.15, 0.2) is 0 Å². The maximum atomic E-state index is 2.18. The molecule has 0 fully saturated rings. The minimum Gasteiger partial charge on any atom is -1.00 e. The van der Waals surface area contributed by atoms with Gasteiger partial charge in [-0.2, -0.15) is 13.3 Å². The first kappa shape index (κ1) is 15.8. The number of hydrogen-bond acceptors (Lipinski definition) is 0. The molecule has 0 spiro atoms.